The third-order valence-corrected chi connectivity index (χ3v) is 4.36. The van der Waals surface area contributed by atoms with Gasteiger partial charge in [0.15, 0.2) is 0 Å². The van der Waals surface area contributed by atoms with Crippen LogP contribution in [0, 0.1) is 17.3 Å². The molecule has 2 N–H and O–H groups in total. The van der Waals surface area contributed by atoms with Crippen LogP contribution in [0.1, 0.15) is 33.3 Å². The van der Waals surface area contributed by atoms with Crippen molar-refractivity contribution < 1.29 is 9.90 Å². The summed E-state index contributed by atoms with van der Waals surface area (Å²) in [4.78, 5) is 12.3. The first-order valence-corrected chi connectivity index (χ1v) is 7.53. The van der Waals surface area contributed by atoms with Crippen LogP contribution in [0.5, 0.6) is 5.75 Å². The van der Waals surface area contributed by atoms with Gasteiger partial charge in [-0.3, -0.25) is 4.79 Å². The molecule has 3 heteroatoms. The number of phenolic OH excluding ortho intramolecular Hbond substituents is 1. The van der Waals surface area contributed by atoms with Crippen LogP contribution in [0.25, 0.3) is 0 Å². The summed E-state index contributed by atoms with van der Waals surface area (Å²) in [6, 6.07) is 7.11. The third-order valence-electron chi connectivity index (χ3n) is 4.36. The molecule has 1 amide bonds. The largest absolute Gasteiger partial charge is 0.508 e. The van der Waals surface area contributed by atoms with Crippen LogP contribution in [-0.4, -0.2) is 17.6 Å². The van der Waals surface area contributed by atoms with E-state index in [1.807, 2.05) is 12.1 Å². The van der Waals surface area contributed by atoms with Crippen molar-refractivity contribution in [1.29, 1.82) is 0 Å². The van der Waals surface area contributed by atoms with Gasteiger partial charge in [-0.2, -0.15) is 0 Å². The summed E-state index contributed by atoms with van der Waals surface area (Å²) in [6.45, 7) is 9.10. The Hall–Kier alpha value is -1.77. The molecular formula is C18H25NO2. The summed E-state index contributed by atoms with van der Waals surface area (Å²) in [5.41, 5.74) is 2.45. The van der Waals surface area contributed by atoms with Crippen molar-refractivity contribution in [3.05, 3.63) is 41.5 Å². The maximum atomic E-state index is 12.3. The third kappa shape index (κ3) is 3.66. The Morgan fingerprint density at radius 3 is 2.48 bits per heavy atom. The van der Waals surface area contributed by atoms with Crippen molar-refractivity contribution in [2.24, 2.45) is 17.3 Å². The van der Waals surface area contributed by atoms with Gasteiger partial charge in [-0.25, -0.2) is 0 Å². The molecule has 1 aliphatic carbocycles. The van der Waals surface area contributed by atoms with E-state index in [2.05, 4.69) is 39.1 Å². The number of phenols is 1. The first-order chi connectivity index (χ1) is 9.82. The molecule has 0 spiro atoms. The second-order valence-corrected chi connectivity index (χ2v) is 6.78. The lowest BCUT2D eigenvalue weighted by molar-refractivity contribution is -0.123. The fourth-order valence-corrected chi connectivity index (χ4v) is 2.95. The number of allylic oxidation sites excluding steroid dienone is 2. The molecule has 1 saturated carbocycles. The van der Waals surface area contributed by atoms with Crippen molar-refractivity contribution in [3.8, 4) is 5.75 Å². The number of aromatic hydroxyl groups is 1. The minimum atomic E-state index is 0.0693. The molecule has 0 unspecified atom stereocenters. The lowest BCUT2D eigenvalue weighted by Gasteiger charge is -2.06. The summed E-state index contributed by atoms with van der Waals surface area (Å²) < 4.78 is 0. The summed E-state index contributed by atoms with van der Waals surface area (Å²) in [7, 11) is 0. The Morgan fingerprint density at radius 1 is 1.29 bits per heavy atom. The Bertz CT molecular complexity index is 539. The Labute approximate surface area is 127 Å². The molecule has 1 aromatic carbocycles. The van der Waals surface area contributed by atoms with Gasteiger partial charge in [0.25, 0.3) is 0 Å². The van der Waals surface area contributed by atoms with E-state index in [1.54, 1.807) is 12.1 Å². The van der Waals surface area contributed by atoms with Gasteiger partial charge in [-0.1, -0.05) is 37.6 Å². The van der Waals surface area contributed by atoms with Gasteiger partial charge < -0.3 is 10.4 Å². The maximum Gasteiger partial charge on any atom is 0.224 e. The van der Waals surface area contributed by atoms with Crippen LogP contribution < -0.4 is 5.32 Å². The fourth-order valence-electron chi connectivity index (χ4n) is 2.95. The molecule has 0 radical (unpaired) electrons. The molecule has 1 aliphatic rings. The number of benzene rings is 1. The van der Waals surface area contributed by atoms with E-state index in [4.69, 9.17) is 0 Å². The molecule has 1 aromatic rings. The highest BCUT2D eigenvalue weighted by Gasteiger charge is 2.60. The van der Waals surface area contributed by atoms with Crippen molar-refractivity contribution in [3.63, 3.8) is 0 Å². The van der Waals surface area contributed by atoms with Gasteiger partial charge in [0, 0.05) is 6.54 Å². The van der Waals surface area contributed by atoms with Crippen molar-refractivity contribution in [2.45, 2.75) is 34.1 Å². The lowest BCUT2D eigenvalue weighted by Crippen LogP contribution is -2.28. The zero-order valence-electron chi connectivity index (χ0n) is 13.3. The second-order valence-electron chi connectivity index (χ2n) is 6.78. The van der Waals surface area contributed by atoms with E-state index in [-0.39, 0.29) is 23.0 Å². The highest BCUT2D eigenvalue weighted by molar-refractivity contribution is 5.83. The molecule has 0 aliphatic heterocycles. The molecule has 21 heavy (non-hydrogen) atoms. The van der Waals surface area contributed by atoms with Crippen LogP contribution in [-0.2, 0) is 11.2 Å². The van der Waals surface area contributed by atoms with Gasteiger partial charge in [0.05, 0.1) is 5.92 Å². The Kier molecular flexibility index (Phi) is 4.40. The predicted molar refractivity (Wildman–Crippen MR) is 85.0 cm³/mol. The monoisotopic (exact) mass is 287 g/mol. The van der Waals surface area contributed by atoms with Gasteiger partial charge >= 0.3 is 0 Å². The Morgan fingerprint density at radius 2 is 1.90 bits per heavy atom. The zero-order valence-corrected chi connectivity index (χ0v) is 13.3. The van der Waals surface area contributed by atoms with E-state index in [9.17, 15) is 9.90 Å². The van der Waals surface area contributed by atoms with Crippen LogP contribution in [0.2, 0.25) is 0 Å². The fraction of sp³-hybridized carbons (Fsp3) is 0.500. The number of nitrogens with one attached hydrogen (secondary N) is 1. The highest BCUT2D eigenvalue weighted by Crippen LogP contribution is 2.59. The van der Waals surface area contributed by atoms with Crippen molar-refractivity contribution in [2.75, 3.05) is 6.54 Å². The number of hydrogen-bond donors (Lipinski definition) is 2. The van der Waals surface area contributed by atoms with E-state index < -0.39 is 0 Å². The average molecular weight is 287 g/mol. The number of carbonyl (C=O) groups excluding carboxylic acids is 1. The summed E-state index contributed by atoms with van der Waals surface area (Å²) in [5.74, 6) is 0.872. The SMILES string of the molecule is CC(C)=C[C@H]1[C@@H](C(=O)NCCc2ccc(O)cc2)C1(C)C. The molecular weight excluding hydrogens is 262 g/mol. The first kappa shape index (κ1) is 15.6. The molecule has 1 fully saturated rings. The standard InChI is InChI=1S/C18H25NO2/c1-12(2)11-15-16(18(15,3)4)17(21)19-10-9-13-5-7-14(20)8-6-13/h5-8,11,15-16,20H,9-10H2,1-4H3,(H,19,21)/t15-,16-/m0/s1. The van der Waals surface area contributed by atoms with Gasteiger partial charge in [0.2, 0.25) is 5.91 Å². The lowest BCUT2D eigenvalue weighted by atomic mass is 10.1. The number of hydrogen-bond acceptors (Lipinski definition) is 2. The molecule has 3 nitrogen and oxygen atoms in total. The maximum absolute atomic E-state index is 12.3. The molecule has 0 aromatic heterocycles. The number of carbonyl (C=O) groups is 1. The number of rotatable bonds is 5. The van der Waals surface area contributed by atoms with Crippen LogP contribution in [0.15, 0.2) is 35.9 Å². The van der Waals surface area contributed by atoms with Crippen LogP contribution >= 0.6 is 0 Å². The van der Waals surface area contributed by atoms with Crippen molar-refractivity contribution in [1.82, 2.24) is 5.32 Å². The zero-order chi connectivity index (χ0) is 15.6. The van der Waals surface area contributed by atoms with E-state index in [0.717, 1.165) is 12.0 Å². The van der Waals surface area contributed by atoms with Gasteiger partial charge in [-0.05, 0) is 49.3 Å². The summed E-state index contributed by atoms with van der Waals surface area (Å²) in [5, 5.41) is 12.3. The van der Waals surface area contributed by atoms with Crippen LogP contribution in [0.3, 0.4) is 0 Å². The van der Waals surface area contributed by atoms with E-state index in [0.29, 0.717) is 12.5 Å². The topological polar surface area (TPSA) is 49.3 Å². The predicted octanol–water partition coefficient (Wildman–Crippen LogP) is 3.29. The Balaban J connectivity index is 1.83. The second kappa shape index (κ2) is 5.92. The van der Waals surface area contributed by atoms with Crippen LogP contribution in [0.4, 0.5) is 0 Å². The molecule has 0 bridgehead atoms. The molecule has 2 rings (SSSR count). The van der Waals surface area contributed by atoms with Gasteiger partial charge in [0.1, 0.15) is 5.75 Å². The molecule has 0 saturated heterocycles. The normalized spacial score (nSPS) is 22.5. The summed E-state index contributed by atoms with van der Waals surface area (Å²) in [6.07, 6.45) is 3.00. The average Bonchev–Trinajstić information content (AvgIpc) is 2.92. The molecule has 114 valence electrons. The molecule has 2 atom stereocenters. The van der Waals surface area contributed by atoms with Gasteiger partial charge in [-0.15, -0.1) is 0 Å². The highest BCUT2D eigenvalue weighted by atomic mass is 16.3. The minimum absolute atomic E-state index is 0.0693. The smallest absolute Gasteiger partial charge is 0.224 e. The number of amides is 1. The minimum Gasteiger partial charge on any atom is -0.508 e. The first-order valence-electron chi connectivity index (χ1n) is 7.53. The van der Waals surface area contributed by atoms with Crippen molar-refractivity contribution >= 4 is 5.91 Å². The van der Waals surface area contributed by atoms with E-state index in [1.165, 1.54) is 5.57 Å². The van der Waals surface area contributed by atoms with E-state index >= 15 is 0 Å². The quantitative estimate of drug-likeness (QED) is 0.816. The molecule has 0 heterocycles. The summed E-state index contributed by atoms with van der Waals surface area (Å²) >= 11 is 0.